The molecule has 1 aromatic heterocycles. The predicted octanol–water partition coefficient (Wildman–Crippen LogP) is 7.62. The highest BCUT2D eigenvalue weighted by Gasteiger charge is 2.20. The molecule has 2 heterocycles. The summed E-state index contributed by atoms with van der Waals surface area (Å²) in [7, 11) is 3.10. The number of nitrogens with one attached hydrogen (secondary N) is 2. The number of rotatable bonds is 9. The number of fused-ring (bicyclic) bond motifs is 1. The van der Waals surface area contributed by atoms with Gasteiger partial charge in [0.2, 0.25) is 5.95 Å². The average molecular weight is 593 g/mol. The summed E-state index contributed by atoms with van der Waals surface area (Å²) in [5.41, 5.74) is 6.68. The normalized spacial score (nSPS) is 13.1. The van der Waals surface area contributed by atoms with E-state index >= 15 is 0 Å². The molecule has 10 heteroatoms. The van der Waals surface area contributed by atoms with Crippen molar-refractivity contribution in [3.8, 4) is 22.6 Å². The summed E-state index contributed by atoms with van der Waals surface area (Å²) in [6, 6.07) is 11.7. The largest absolute Gasteiger partial charge is 0.495 e. The van der Waals surface area contributed by atoms with Gasteiger partial charge in [-0.3, -0.25) is 0 Å². The fraction of sp³-hybridized carbons (Fsp3) is 0.226. The number of benzene rings is 3. The Kier molecular flexibility index (Phi) is 8.54. The van der Waals surface area contributed by atoms with E-state index in [-0.39, 0.29) is 0 Å². The summed E-state index contributed by atoms with van der Waals surface area (Å²) in [4.78, 5) is 11.7. The van der Waals surface area contributed by atoms with Gasteiger partial charge in [-0.1, -0.05) is 42.4 Å². The molecule has 0 aliphatic carbocycles. The SMILES string of the molecule is C=CC(=C)Nc1cc(N2CCOCC2)cc(C)c1Nc1ncc2cc(-c3c(Cl)c(OC)cc(OC)c3Cl)ccc2n1. The number of ether oxygens (including phenoxy) is 3. The maximum atomic E-state index is 6.65. The van der Waals surface area contributed by atoms with Crippen LogP contribution in [0, 0.1) is 6.92 Å². The zero-order valence-electron chi connectivity index (χ0n) is 23.2. The second kappa shape index (κ2) is 12.3. The minimum absolute atomic E-state index is 0.397. The molecule has 2 N–H and O–H groups in total. The van der Waals surface area contributed by atoms with Crippen LogP contribution in [0.3, 0.4) is 0 Å². The van der Waals surface area contributed by atoms with Crippen LogP contribution in [0.15, 0.2) is 67.5 Å². The summed E-state index contributed by atoms with van der Waals surface area (Å²) in [5, 5.41) is 8.38. The zero-order chi connectivity index (χ0) is 29.1. The molecular weight excluding hydrogens is 561 g/mol. The van der Waals surface area contributed by atoms with E-state index in [4.69, 9.17) is 42.4 Å². The Bertz CT molecular complexity index is 1610. The van der Waals surface area contributed by atoms with E-state index in [1.165, 1.54) is 0 Å². The van der Waals surface area contributed by atoms with Crippen molar-refractivity contribution in [1.82, 2.24) is 9.97 Å². The number of morpholine rings is 1. The van der Waals surface area contributed by atoms with E-state index in [1.807, 2.05) is 18.2 Å². The molecule has 1 saturated heterocycles. The van der Waals surface area contributed by atoms with E-state index < -0.39 is 0 Å². The van der Waals surface area contributed by atoms with Crippen LogP contribution in [-0.2, 0) is 4.74 Å². The lowest BCUT2D eigenvalue weighted by Gasteiger charge is -2.30. The minimum Gasteiger partial charge on any atom is -0.495 e. The van der Waals surface area contributed by atoms with Gasteiger partial charge in [0.25, 0.3) is 0 Å². The van der Waals surface area contributed by atoms with Crippen molar-refractivity contribution in [3.63, 3.8) is 0 Å². The molecule has 0 unspecified atom stereocenters. The van der Waals surface area contributed by atoms with Gasteiger partial charge in [0.15, 0.2) is 0 Å². The maximum absolute atomic E-state index is 6.65. The Balaban J connectivity index is 1.50. The molecule has 212 valence electrons. The molecule has 1 aliphatic heterocycles. The van der Waals surface area contributed by atoms with Crippen molar-refractivity contribution < 1.29 is 14.2 Å². The molecule has 0 spiro atoms. The third-order valence-corrected chi connectivity index (χ3v) is 7.67. The minimum atomic E-state index is 0.397. The van der Waals surface area contributed by atoms with Crippen LogP contribution in [0.1, 0.15) is 5.56 Å². The van der Waals surface area contributed by atoms with Gasteiger partial charge in [-0.25, -0.2) is 9.97 Å². The number of hydrogen-bond acceptors (Lipinski definition) is 8. The second-order valence-electron chi connectivity index (χ2n) is 9.52. The quantitative estimate of drug-likeness (QED) is 0.192. The van der Waals surface area contributed by atoms with Gasteiger partial charge >= 0.3 is 0 Å². The van der Waals surface area contributed by atoms with E-state index in [2.05, 4.69) is 52.7 Å². The Morgan fingerprint density at radius 1 is 1.05 bits per heavy atom. The lowest BCUT2D eigenvalue weighted by molar-refractivity contribution is 0.122. The third-order valence-electron chi connectivity index (χ3n) is 6.92. The maximum Gasteiger partial charge on any atom is 0.227 e. The molecule has 3 aromatic carbocycles. The first-order chi connectivity index (χ1) is 19.8. The molecule has 1 aliphatic rings. The third kappa shape index (κ3) is 5.91. The number of halogens is 2. The van der Waals surface area contributed by atoms with E-state index in [9.17, 15) is 0 Å². The first-order valence-corrected chi connectivity index (χ1v) is 13.8. The summed E-state index contributed by atoms with van der Waals surface area (Å²) < 4.78 is 16.4. The number of nitrogens with zero attached hydrogens (tertiary/aromatic N) is 3. The number of allylic oxidation sites excluding steroid dienone is 1. The molecule has 0 bridgehead atoms. The smallest absolute Gasteiger partial charge is 0.227 e. The molecule has 0 radical (unpaired) electrons. The fourth-order valence-corrected chi connectivity index (χ4v) is 5.48. The van der Waals surface area contributed by atoms with Crippen LogP contribution in [0.2, 0.25) is 10.0 Å². The molecule has 41 heavy (non-hydrogen) atoms. The van der Waals surface area contributed by atoms with Crippen LogP contribution in [0.25, 0.3) is 22.0 Å². The summed E-state index contributed by atoms with van der Waals surface area (Å²) >= 11 is 13.3. The Morgan fingerprint density at radius 2 is 1.76 bits per heavy atom. The van der Waals surface area contributed by atoms with Crippen LogP contribution in [0.4, 0.5) is 23.0 Å². The Labute approximate surface area is 249 Å². The molecular formula is C31H31Cl2N5O3. The summed E-state index contributed by atoms with van der Waals surface area (Å²) in [5.74, 6) is 1.40. The molecule has 0 saturated carbocycles. The number of methoxy groups -OCH3 is 2. The van der Waals surface area contributed by atoms with E-state index in [1.54, 1.807) is 32.6 Å². The fourth-order valence-electron chi connectivity index (χ4n) is 4.76. The van der Waals surface area contributed by atoms with Crippen molar-refractivity contribution in [3.05, 3.63) is 83.1 Å². The Morgan fingerprint density at radius 3 is 2.41 bits per heavy atom. The highest BCUT2D eigenvalue weighted by Crippen LogP contribution is 2.46. The van der Waals surface area contributed by atoms with Crippen molar-refractivity contribution in [1.29, 1.82) is 0 Å². The second-order valence-corrected chi connectivity index (χ2v) is 10.3. The summed E-state index contributed by atoms with van der Waals surface area (Å²) in [6.45, 7) is 13.0. The van der Waals surface area contributed by atoms with E-state index in [0.29, 0.717) is 52.0 Å². The highest BCUT2D eigenvalue weighted by molar-refractivity contribution is 6.41. The first kappa shape index (κ1) is 28.5. The molecule has 0 amide bonds. The molecule has 8 nitrogen and oxygen atoms in total. The van der Waals surface area contributed by atoms with Crippen LogP contribution < -0.4 is 25.0 Å². The zero-order valence-corrected chi connectivity index (χ0v) is 24.7. The van der Waals surface area contributed by atoms with Crippen LogP contribution in [-0.4, -0.2) is 50.5 Å². The van der Waals surface area contributed by atoms with Crippen molar-refractivity contribution in [2.24, 2.45) is 0 Å². The number of aryl methyl sites for hydroxylation is 1. The lowest BCUT2D eigenvalue weighted by atomic mass is 10.0. The van der Waals surface area contributed by atoms with Crippen LogP contribution in [0.5, 0.6) is 11.5 Å². The van der Waals surface area contributed by atoms with Gasteiger partial charge in [-0.15, -0.1) is 0 Å². The monoisotopic (exact) mass is 591 g/mol. The predicted molar refractivity (Wildman–Crippen MR) is 169 cm³/mol. The van der Waals surface area contributed by atoms with Gasteiger partial charge in [-0.2, -0.15) is 0 Å². The number of anilines is 4. The molecule has 4 aromatic rings. The van der Waals surface area contributed by atoms with E-state index in [0.717, 1.165) is 52.2 Å². The Hall–Kier alpha value is -3.98. The topological polar surface area (TPSA) is 80.8 Å². The van der Waals surface area contributed by atoms with Gasteiger partial charge in [-0.05, 0) is 48.4 Å². The first-order valence-electron chi connectivity index (χ1n) is 13.0. The molecule has 0 atom stereocenters. The van der Waals surface area contributed by atoms with Crippen molar-refractivity contribution in [2.45, 2.75) is 6.92 Å². The van der Waals surface area contributed by atoms with Gasteiger partial charge in [0.05, 0.1) is 54.4 Å². The molecule has 1 fully saturated rings. The number of hydrogen-bond donors (Lipinski definition) is 2. The lowest BCUT2D eigenvalue weighted by Crippen LogP contribution is -2.36. The van der Waals surface area contributed by atoms with Crippen molar-refractivity contribution in [2.75, 3.05) is 56.1 Å². The van der Waals surface area contributed by atoms with Gasteiger partial charge in [0, 0.05) is 47.7 Å². The highest BCUT2D eigenvalue weighted by atomic mass is 35.5. The van der Waals surface area contributed by atoms with Crippen LogP contribution >= 0.6 is 23.2 Å². The number of aromatic nitrogens is 2. The standard InChI is InChI=1S/C31H31Cl2N5O3/c1-6-19(3)35-24-15-22(38-9-11-41-12-10-38)13-18(2)30(24)37-31-34-17-21-14-20(7-8-23(21)36-31)27-28(32)25(39-4)16-26(40-5)29(27)33/h6-8,13-17,35H,1,3,9-12H2,2,4-5H3,(H,34,36,37). The average Bonchev–Trinajstić information content (AvgIpc) is 2.99. The summed E-state index contributed by atoms with van der Waals surface area (Å²) in [6.07, 6.45) is 3.45. The van der Waals surface area contributed by atoms with Gasteiger partial charge in [0.1, 0.15) is 11.5 Å². The van der Waals surface area contributed by atoms with Gasteiger partial charge < -0.3 is 29.7 Å². The molecule has 5 rings (SSSR count). The van der Waals surface area contributed by atoms with Crippen molar-refractivity contribution >= 4 is 57.1 Å².